The second-order valence-corrected chi connectivity index (χ2v) is 10.00. The molecule has 1 unspecified atom stereocenters. The van der Waals surface area contributed by atoms with Crippen LogP contribution in [-0.4, -0.2) is 34.3 Å². The van der Waals surface area contributed by atoms with Crippen molar-refractivity contribution in [2.75, 3.05) is 5.32 Å². The zero-order valence-electron chi connectivity index (χ0n) is 17.4. The van der Waals surface area contributed by atoms with Crippen LogP contribution in [0.15, 0.2) is 47.4 Å². The van der Waals surface area contributed by atoms with Crippen LogP contribution in [0.5, 0.6) is 0 Å². The zero-order valence-corrected chi connectivity index (χ0v) is 18.2. The molecule has 1 N–H and O–H groups in total. The van der Waals surface area contributed by atoms with E-state index in [2.05, 4.69) is 15.5 Å². The van der Waals surface area contributed by atoms with Gasteiger partial charge in [0.05, 0.1) is 10.6 Å². The molecule has 4 rings (SSSR count). The Labute approximate surface area is 184 Å². The van der Waals surface area contributed by atoms with E-state index in [1.165, 1.54) is 19.1 Å². The number of nitrogens with zero attached hydrogens (tertiary/aromatic N) is 3. The summed E-state index contributed by atoms with van der Waals surface area (Å²) >= 11 is 0. The van der Waals surface area contributed by atoms with Crippen molar-refractivity contribution in [3.8, 4) is 11.4 Å². The van der Waals surface area contributed by atoms with Gasteiger partial charge in [0.25, 0.3) is 0 Å². The fourth-order valence-electron chi connectivity index (χ4n) is 3.66. The molecule has 7 nitrogen and oxygen atoms in total. The number of amides is 1. The van der Waals surface area contributed by atoms with Crippen LogP contribution in [0.2, 0.25) is 0 Å². The van der Waals surface area contributed by atoms with Crippen molar-refractivity contribution in [2.24, 2.45) is 0 Å². The normalized spacial score (nSPS) is 15.0. The van der Waals surface area contributed by atoms with Crippen molar-refractivity contribution < 1.29 is 22.0 Å². The van der Waals surface area contributed by atoms with Gasteiger partial charge in [0.2, 0.25) is 5.91 Å². The molecule has 0 radical (unpaired) electrons. The number of hydrogen-bond donors (Lipinski definition) is 1. The Morgan fingerprint density at radius 2 is 1.81 bits per heavy atom. The average Bonchev–Trinajstić information content (AvgIpc) is 3.03. The van der Waals surface area contributed by atoms with Crippen LogP contribution in [0, 0.1) is 11.6 Å². The van der Waals surface area contributed by atoms with Gasteiger partial charge in [-0.3, -0.25) is 4.79 Å². The third-order valence-electron chi connectivity index (χ3n) is 5.57. The summed E-state index contributed by atoms with van der Waals surface area (Å²) in [5, 5.41) is 9.32. The highest BCUT2D eigenvalue weighted by Gasteiger charge is 2.30. The molecule has 0 saturated heterocycles. The van der Waals surface area contributed by atoms with Crippen molar-refractivity contribution in [2.45, 2.75) is 49.3 Å². The van der Waals surface area contributed by atoms with Gasteiger partial charge >= 0.3 is 0 Å². The number of carbonyl (C=O) groups is 1. The molecule has 10 heteroatoms. The number of rotatable bonds is 5. The largest absolute Gasteiger partial charge is 0.322 e. The van der Waals surface area contributed by atoms with Gasteiger partial charge in [-0.25, -0.2) is 17.2 Å². The third-order valence-corrected chi connectivity index (χ3v) is 7.64. The van der Waals surface area contributed by atoms with Crippen LogP contribution in [0.25, 0.3) is 11.4 Å². The number of fused-ring (bicyclic) bond motifs is 1. The molecule has 1 atom stereocenters. The van der Waals surface area contributed by atoms with Gasteiger partial charge < -0.3 is 9.88 Å². The van der Waals surface area contributed by atoms with E-state index in [1.807, 2.05) is 4.57 Å². The molecule has 0 fully saturated rings. The average molecular weight is 461 g/mol. The quantitative estimate of drug-likeness (QED) is 0.586. The predicted octanol–water partition coefficient (Wildman–Crippen LogP) is 3.75. The number of aryl methyl sites for hydroxylation is 1. The maximum Gasteiger partial charge on any atom is 0.242 e. The SMILES string of the molecule is CC(C(=O)Nc1cc(-c2nnc3n2CCCCC3)ccc1F)S(=O)(=O)c1ccc(F)cc1. The van der Waals surface area contributed by atoms with Gasteiger partial charge in [0.15, 0.2) is 15.7 Å². The number of benzene rings is 2. The Kier molecular flexibility index (Phi) is 6.05. The van der Waals surface area contributed by atoms with Crippen molar-refractivity contribution in [3.05, 3.63) is 59.9 Å². The lowest BCUT2D eigenvalue weighted by molar-refractivity contribution is -0.115. The summed E-state index contributed by atoms with van der Waals surface area (Å²) in [5.41, 5.74) is 0.413. The molecule has 168 valence electrons. The van der Waals surface area contributed by atoms with Crippen LogP contribution in [0.1, 0.15) is 32.0 Å². The second-order valence-electron chi connectivity index (χ2n) is 7.73. The van der Waals surface area contributed by atoms with Gasteiger partial charge in [-0.05, 0) is 62.2 Å². The third kappa shape index (κ3) is 4.27. The highest BCUT2D eigenvalue weighted by Crippen LogP contribution is 2.27. The van der Waals surface area contributed by atoms with E-state index in [9.17, 15) is 22.0 Å². The summed E-state index contributed by atoms with van der Waals surface area (Å²) in [7, 11) is -4.09. The molecule has 1 aliphatic rings. The second kappa shape index (κ2) is 8.78. The first kappa shape index (κ1) is 22.1. The van der Waals surface area contributed by atoms with E-state index in [0.717, 1.165) is 62.3 Å². The van der Waals surface area contributed by atoms with Gasteiger partial charge in [0.1, 0.15) is 22.7 Å². The van der Waals surface area contributed by atoms with E-state index in [-0.39, 0.29) is 10.6 Å². The van der Waals surface area contributed by atoms with E-state index in [4.69, 9.17) is 0 Å². The number of hydrogen-bond acceptors (Lipinski definition) is 5. The van der Waals surface area contributed by atoms with Gasteiger partial charge in [-0.1, -0.05) is 6.42 Å². The fourth-order valence-corrected chi connectivity index (χ4v) is 4.93. The molecule has 2 aromatic carbocycles. The molecule has 32 heavy (non-hydrogen) atoms. The number of aromatic nitrogens is 3. The minimum Gasteiger partial charge on any atom is -0.322 e. The Balaban J connectivity index is 1.59. The molecule has 0 bridgehead atoms. The van der Waals surface area contributed by atoms with Crippen LogP contribution in [0.3, 0.4) is 0 Å². The number of halogens is 2. The predicted molar refractivity (Wildman–Crippen MR) is 115 cm³/mol. The van der Waals surface area contributed by atoms with E-state index in [1.54, 1.807) is 6.07 Å². The van der Waals surface area contributed by atoms with Crippen LogP contribution in [-0.2, 0) is 27.6 Å². The summed E-state index contributed by atoms with van der Waals surface area (Å²) < 4.78 is 55.0. The number of sulfone groups is 1. The van der Waals surface area contributed by atoms with Crippen LogP contribution >= 0.6 is 0 Å². The Morgan fingerprint density at radius 1 is 1.06 bits per heavy atom. The number of carbonyl (C=O) groups excluding carboxylic acids is 1. The number of anilines is 1. The van der Waals surface area contributed by atoms with Crippen LogP contribution < -0.4 is 5.32 Å². The minimum absolute atomic E-state index is 0.153. The summed E-state index contributed by atoms with van der Waals surface area (Å²) in [6.07, 6.45) is 3.93. The molecule has 1 aliphatic heterocycles. The van der Waals surface area contributed by atoms with Crippen molar-refractivity contribution in [1.82, 2.24) is 14.8 Å². The maximum atomic E-state index is 14.5. The molecular weight excluding hydrogens is 438 g/mol. The summed E-state index contributed by atoms with van der Waals surface area (Å²) in [5.74, 6) is -0.753. The van der Waals surface area contributed by atoms with Gasteiger partial charge in [-0.15, -0.1) is 10.2 Å². The van der Waals surface area contributed by atoms with Gasteiger partial charge in [0, 0.05) is 18.5 Å². The first-order valence-electron chi connectivity index (χ1n) is 10.3. The van der Waals surface area contributed by atoms with Crippen molar-refractivity contribution in [1.29, 1.82) is 0 Å². The highest BCUT2D eigenvalue weighted by atomic mass is 32.2. The topological polar surface area (TPSA) is 93.9 Å². The molecule has 2 heterocycles. The molecule has 3 aromatic rings. The molecular formula is C22H22F2N4O3S. The molecule has 0 saturated carbocycles. The Hall–Kier alpha value is -3.14. The maximum absolute atomic E-state index is 14.5. The molecule has 1 aromatic heterocycles. The first-order valence-corrected chi connectivity index (χ1v) is 11.8. The van der Waals surface area contributed by atoms with E-state index >= 15 is 0 Å². The lowest BCUT2D eigenvalue weighted by Crippen LogP contribution is -2.33. The van der Waals surface area contributed by atoms with Crippen LogP contribution in [0.4, 0.5) is 14.5 Å². The van der Waals surface area contributed by atoms with E-state index < -0.39 is 32.6 Å². The fraction of sp³-hybridized carbons (Fsp3) is 0.318. The zero-order chi connectivity index (χ0) is 22.9. The Morgan fingerprint density at radius 3 is 2.56 bits per heavy atom. The molecule has 0 aliphatic carbocycles. The highest BCUT2D eigenvalue weighted by molar-refractivity contribution is 7.92. The minimum atomic E-state index is -4.09. The lowest BCUT2D eigenvalue weighted by Gasteiger charge is -2.15. The van der Waals surface area contributed by atoms with Gasteiger partial charge in [-0.2, -0.15) is 0 Å². The number of nitrogens with one attached hydrogen (secondary N) is 1. The lowest BCUT2D eigenvalue weighted by atomic mass is 10.1. The monoisotopic (exact) mass is 460 g/mol. The first-order chi connectivity index (χ1) is 15.3. The summed E-state index contributed by atoms with van der Waals surface area (Å²) in [6.45, 7) is 1.96. The van der Waals surface area contributed by atoms with E-state index in [0.29, 0.717) is 11.4 Å². The summed E-state index contributed by atoms with van der Waals surface area (Å²) in [4.78, 5) is 12.5. The van der Waals surface area contributed by atoms with Crippen molar-refractivity contribution in [3.63, 3.8) is 0 Å². The molecule has 0 spiro atoms. The molecule has 1 amide bonds. The summed E-state index contributed by atoms with van der Waals surface area (Å²) in [6, 6.07) is 8.35. The smallest absolute Gasteiger partial charge is 0.242 e. The standard InChI is InChI=1S/C22H22F2N4O3S/c1-14(32(30,31)17-9-7-16(23)8-10-17)22(29)25-19-13-15(6-11-18(19)24)21-27-26-20-5-3-2-4-12-28(20)21/h6-11,13-14H,2-5,12H2,1H3,(H,25,29). The Bertz CT molecular complexity index is 1260. The van der Waals surface area contributed by atoms with Crippen molar-refractivity contribution >= 4 is 21.4 Å².